The fourth-order valence-electron chi connectivity index (χ4n) is 2.20. The van der Waals surface area contributed by atoms with Crippen molar-refractivity contribution in [1.29, 1.82) is 0 Å². The molecule has 0 aliphatic carbocycles. The molecule has 0 aliphatic rings. The zero-order valence-corrected chi connectivity index (χ0v) is 13.6. The molecule has 0 aliphatic heterocycles. The molecule has 23 heavy (non-hydrogen) atoms. The van der Waals surface area contributed by atoms with Crippen LogP contribution in [-0.2, 0) is 11.0 Å². The first kappa shape index (κ1) is 17.3. The van der Waals surface area contributed by atoms with Gasteiger partial charge in [0.1, 0.15) is 0 Å². The summed E-state index contributed by atoms with van der Waals surface area (Å²) in [6.45, 7) is 3.50. The minimum absolute atomic E-state index is 0.129. The quantitative estimate of drug-likeness (QED) is 0.692. The van der Waals surface area contributed by atoms with E-state index >= 15 is 0 Å². The Balaban J connectivity index is 2.45. The minimum atomic E-state index is -4.41. The Bertz CT molecular complexity index is 721. The van der Waals surface area contributed by atoms with E-state index in [1.165, 1.54) is 19.2 Å². The van der Waals surface area contributed by atoms with Gasteiger partial charge in [-0.15, -0.1) is 0 Å². The van der Waals surface area contributed by atoms with Crippen LogP contribution in [0, 0.1) is 18.8 Å². The summed E-state index contributed by atoms with van der Waals surface area (Å²) in [6.07, 6.45) is -4.41. The number of alkyl halides is 3. The summed E-state index contributed by atoms with van der Waals surface area (Å²) in [5.74, 6) is 0. The van der Waals surface area contributed by atoms with Crippen molar-refractivity contribution in [3.63, 3.8) is 0 Å². The van der Waals surface area contributed by atoms with Crippen molar-refractivity contribution in [2.45, 2.75) is 29.8 Å². The van der Waals surface area contributed by atoms with Crippen LogP contribution in [0.2, 0.25) is 0 Å². The Labute approximate surface area is 136 Å². The summed E-state index contributed by atoms with van der Waals surface area (Å²) in [7, 11) is 1.25. The maximum atomic E-state index is 13.1. The van der Waals surface area contributed by atoms with Crippen molar-refractivity contribution in [3.8, 4) is 0 Å². The lowest BCUT2D eigenvalue weighted by Gasteiger charge is -2.14. The zero-order valence-electron chi connectivity index (χ0n) is 12.8. The predicted molar refractivity (Wildman–Crippen MR) is 81.8 cm³/mol. The van der Waals surface area contributed by atoms with E-state index in [4.69, 9.17) is 0 Å². The number of halogens is 3. The van der Waals surface area contributed by atoms with E-state index in [1.807, 2.05) is 0 Å². The molecule has 2 aromatic carbocycles. The normalized spacial score (nSPS) is 11.4. The molecule has 0 heterocycles. The predicted octanol–water partition coefficient (Wildman–Crippen LogP) is 5.45. The van der Waals surface area contributed by atoms with Gasteiger partial charge in [-0.25, -0.2) is 4.84 Å². The summed E-state index contributed by atoms with van der Waals surface area (Å²) in [4.78, 5) is 17.3. The summed E-state index contributed by atoms with van der Waals surface area (Å²) in [5.41, 5.74) is 1.05. The van der Waals surface area contributed by atoms with E-state index < -0.39 is 11.7 Å². The van der Waals surface area contributed by atoms with Gasteiger partial charge in [0.15, 0.2) is 7.11 Å². The van der Waals surface area contributed by atoms with E-state index in [1.54, 1.807) is 32.0 Å². The lowest BCUT2D eigenvalue weighted by atomic mass is 10.1. The third-order valence-electron chi connectivity index (χ3n) is 3.23. The van der Waals surface area contributed by atoms with Crippen LogP contribution in [0.15, 0.2) is 46.2 Å². The highest BCUT2D eigenvalue weighted by atomic mass is 32.2. The number of nitrogens with zero attached hydrogens (tertiary/aromatic N) is 1. The molecule has 0 unspecified atom stereocenters. The topological polar surface area (TPSA) is 29.3 Å². The zero-order chi connectivity index (χ0) is 17.2. The molecular formula is C16H15F3NO2S+. The molecule has 0 saturated heterocycles. The van der Waals surface area contributed by atoms with Crippen molar-refractivity contribution < 1.29 is 22.9 Å². The number of benzene rings is 2. The molecule has 2 rings (SSSR count). The van der Waals surface area contributed by atoms with Crippen LogP contribution >= 0.6 is 11.8 Å². The van der Waals surface area contributed by atoms with Crippen molar-refractivity contribution in [2.24, 2.45) is 0 Å². The van der Waals surface area contributed by atoms with Crippen LogP contribution in [0.5, 0.6) is 0 Å². The first-order valence-electron chi connectivity index (χ1n) is 6.70. The van der Waals surface area contributed by atoms with E-state index in [9.17, 15) is 18.1 Å². The third-order valence-corrected chi connectivity index (χ3v) is 4.65. The molecule has 3 nitrogen and oxygen atoms in total. The summed E-state index contributed by atoms with van der Waals surface area (Å²) in [5, 5.41) is 0. The molecule has 0 aromatic heterocycles. The second-order valence-corrected chi connectivity index (χ2v) is 6.00. The summed E-state index contributed by atoms with van der Waals surface area (Å²) < 4.78 is 39.3. The lowest BCUT2D eigenvalue weighted by Crippen LogP contribution is -2.06. The third kappa shape index (κ3) is 3.85. The lowest BCUT2D eigenvalue weighted by molar-refractivity contribution is -0.736. The molecule has 7 heteroatoms. The first-order valence-corrected chi connectivity index (χ1v) is 7.52. The van der Waals surface area contributed by atoms with Gasteiger partial charge in [0.05, 0.1) is 10.5 Å². The molecule has 0 amide bonds. The van der Waals surface area contributed by atoms with Crippen LogP contribution in [-0.4, -0.2) is 12.0 Å². The molecule has 0 spiro atoms. The highest BCUT2D eigenvalue weighted by molar-refractivity contribution is 7.99. The maximum absolute atomic E-state index is 13.1. The fraction of sp³-hybridized carbons (Fsp3) is 0.250. The Morgan fingerprint density at radius 1 is 1.09 bits per heavy atom. The van der Waals surface area contributed by atoms with Gasteiger partial charge in [-0.1, -0.05) is 23.9 Å². The Kier molecular flexibility index (Phi) is 4.99. The average Bonchev–Trinajstić information content (AvgIpc) is 2.49. The highest BCUT2D eigenvalue weighted by Crippen LogP contribution is 2.42. The van der Waals surface area contributed by atoms with Gasteiger partial charge in [0, 0.05) is 21.9 Å². The number of hydrogen-bond acceptors (Lipinski definition) is 3. The van der Waals surface area contributed by atoms with Crippen molar-refractivity contribution >= 4 is 17.4 Å². The molecule has 0 fully saturated rings. The van der Waals surface area contributed by atoms with Crippen LogP contribution in [0.3, 0.4) is 0 Å². The van der Waals surface area contributed by atoms with E-state index in [0.29, 0.717) is 26.6 Å². The highest BCUT2D eigenvalue weighted by Gasteiger charge is 2.33. The second kappa shape index (κ2) is 6.62. The molecule has 0 radical (unpaired) electrons. The largest absolute Gasteiger partial charge is 0.417 e. The molecule has 0 saturated carbocycles. The Morgan fingerprint density at radius 3 is 2.17 bits per heavy atom. The van der Waals surface area contributed by atoms with Gasteiger partial charge >= 0.3 is 11.9 Å². The molecule has 0 N–H and O–H groups in total. The monoisotopic (exact) mass is 342 g/mol. The molecule has 2 aromatic rings. The first-order chi connectivity index (χ1) is 10.7. The molecule has 0 atom stereocenters. The van der Waals surface area contributed by atoms with Crippen LogP contribution in [0.25, 0.3) is 0 Å². The molecule has 0 bridgehead atoms. The van der Waals surface area contributed by atoms with Crippen molar-refractivity contribution in [3.05, 3.63) is 58.0 Å². The van der Waals surface area contributed by atoms with E-state index in [2.05, 4.69) is 4.84 Å². The van der Waals surface area contributed by atoms with E-state index in [0.717, 1.165) is 17.8 Å². The fourth-order valence-corrected chi connectivity index (χ4v) is 3.30. The number of aryl methyl sites for hydroxylation is 2. The van der Waals surface area contributed by atoms with Gasteiger partial charge in [0.25, 0.3) is 4.92 Å². The van der Waals surface area contributed by atoms with Gasteiger partial charge in [-0.2, -0.15) is 13.2 Å². The van der Waals surface area contributed by atoms with Crippen molar-refractivity contribution in [2.75, 3.05) is 7.11 Å². The number of hydrogen-bond donors (Lipinski definition) is 0. The van der Waals surface area contributed by atoms with Crippen molar-refractivity contribution in [1.82, 2.24) is 0 Å². The standard InChI is InChI=1S/C16H15F3NO2S/c1-10-8-12(20(21)22-3)9-11(2)15(10)23-14-7-5-4-6-13(14)16(17,18)19/h4-9H,1-3H3/q+1. The Hall–Kier alpha value is -2.02. The minimum Gasteiger partial charge on any atom is -0.230 e. The van der Waals surface area contributed by atoms with E-state index in [-0.39, 0.29) is 4.90 Å². The van der Waals surface area contributed by atoms with Crippen LogP contribution < -0.4 is 0 Å². The van der Waals surface area contributed by atoms with Gasteiger partial charge in [-0.05, 0) is 37.1 Å². The second-order valence-electron chi connectivity index (χ2n) is 4.94. The van der Waals surface area contributed by atoms with Gasteiger partial charge in [0.2, 0.25) is 0 Å². The SMILES string of the molecule is CO[N+](=O)c1cc(C)c(Sc2ccccc2C(F)(F)F)c(C)c1. The number of rotatable bonds is 4. The average molecular weight is 342 g/mol. The Morgan fingerprint density at radius 2 is 1.65 bits per heavy atom. The summed E-state index contributed by atoms with van der Waals surface area (Å²) >= 11 is 1.04. The van der Waals surface area contributed by atoms with Gasteiger partial charge < -0.3 is 0 Å². The molecule has 122 valence electrons. The smallest absolute Gasteiger partial charge is 0.230 e. The summed E-state index contributed by atoms with van der Waals surface area (Å²) in [6, 6.07) is 8.61. The maximum Gasteiger partial charge on any atom is 0.417 e. The van der Waals surface area contributed by atoms with Crippen LogP contribution in [0.1, 0.15) is 16.7 Å². The molecular weight excluding hydrogens is 327 g/mol. The van der Waals surface area contributed by atoms with Gasteiger partial charge in [-0.3, -0.25) is 0 Å². The van der Waals surface area contributed by atoms with Crippen LogP contribution in [0.4, 0.5) is 18.9 Å².